The third-order valence-corrected chi connectivity index (χ3v) is 3.99. The normalized spacial score (nSPS) is 15.7. The Balaban J connectivity index is 2.51. The predicted molar refractivity (Wildman–Crippen MR) is 76.4 cm³/mol. The third kappa shape index (κ3) is 7.83. The molecule has 0 radical (unpaired) electrons. The minimum Gasteiger partial charge on any atom is -0.394 e. The summed E-state index contributed by atoms with van der Waals surface area (Å²) in [6, 6.07) is 8.84. The summed E-state index contributed by atoms with van der Waals surface area (Å²) in [5.41, 5.74) is -1.32. The molecule has 0 spiro atoms. The van der Waals surface area contributed by atoms with Gasteiger partial charge in [-0.15, -0.1) is 0 Å². The van der Waals surface area contributed by atoms with Crippen molar-refractivity contribution in [2.24, 2.45) is 0 Å². The number of hydrogen-bond donors (Lipinski definition) is 4. The lowest BCUT2D eigenvalue weighted by Gasteiger charge is -2.17. The van der Waals surface area contributed by atoms with Gasteiger partial charge >= 0.3 is 21.1 Å². The predicted octanol–water partition coefficient (Wildman–Crippen LogP) is 0.995. The Morgan fingerprint density at radius 3 is 2.26 bits per heavy atom. The van der Waals surface area contributed by atoms with Gasteiger partial charge in [0.1, 0.15) is 6.10 Å². The van der Waals surface area contributed by atoms with Crippen LogP contribution in [0.2, 0.25) is 0 Å². The second-order valence-electron chi connectivity index (χ2n) is 4.27. The number of carbonyl (C=O) groups is 1. The van der Waals surface area contributed by atoms with E-state index in [1.165, 1.54) is 0 Å². The summed E-state index contributed by atoms with van der Waals surface area (Å²) in [4.78, 5) is 37.2. The zero-order valence-corrected chi connectivity index (χ0v) is 13.5. The van der Waals surface area contributed by atoms with E-state index in [0.717, 1.165) is 5.56 Å². The van der Waals surface area contributed by atoms with Gasteiger partial charge in [0.2, 0.25) is 0 Å². The highest BCUT2D eigenvalue weighted by molar-refractivity contribution is 7.71. The van der Waals surface area contributed by atoms with Crippen molar-refractivity contribution in [3.8, 4) is 0 Å². The van der Waals surface area contributed by atoms with Crippen molar-refractivity contribution >= 4 is 21.1 Å². The fourth-order valence-electron chi connectivity index (χ4n) is 1.33. The minimum atomic E-state index is -5.27. The summed E-state index contributed by atoms with van der Waals surface area (Å²) in [7, 11) is -10.4. The lowest BCUT2D eigenvalue weighted by molar-refractivity contribution is -0.0243. The van der Waals surface area contributed by atoms with E-state index < -0.39 is 40.4 Å². The standard InChI is InChI=1S/C11H16O10P2/c12-6-10(19-7-9-4-2-1-3-5-9)8-20-22(14,15)11(13)21-23(16,17)18/h1-5,10,12H,6-8H2,(H,14,15)(H2,16,17,18)/t10-/m0/s1. The first-order chi connectivity index (χ1) is 10.6. The molecule has 10 nitrogen and oxygen atoms in total. The topological polar surface area (TPSA) is 160 Å². The number of aliphatic hydroxyl groups is 1. The summed E-state index contributed by atoms with van der Waals surface area (Å²) in [6.45, 7) is -1.15. The van der Waals surface area contributed by atoms with Crippen LogP contribution in [0.25, 0.3) is 0 Å². The quantitative estimate of drug-likeness (QED) is 0.462. The SMILES string of the molecule is O=C(OP(=O)(O)O)P(=O)(O)OC[C@H](CO)OCc1ccccc1. The number of carbonyl (C=O) groups excluding carboxylic acids is 1. The van der Waals surface area contributed by atoms with Crippen LogP contribution in [0.1, 0.15) is 5.56 Å². The highest BCUT2D eigenvalue weighted by Gasteiger charge is 2.38. The first kappa shape index (κ1) is 20.0. The van der Waals surface area contributed by atoms with Crippen molar-refractivity contribution in [3.05, 3.63) is 35.9 Å². The van der Waals surface area contributed by atoms with E-state index in [0.29, 0.717) is 0 Å². The Morgan fingerprint density at radius 1 is 1.13 bits per heavy atom. The highest BCUT2D eigenvalue weighted by atomic mass is 31.2. The van der Waals surface area contributed by atoms with Gasteiger partial charge in [-0.25, -0.2) is 13.9 Å². The number of rotatable bonds is 9. The molecule has 12 heteroatoms. The summed E-state index contributed by atoms with van der Waals surface area (Å²) < 4.78 is 35.0. The Hall–Kier alpha value is -1.09. The van der Waals surface area contributed by atoms with Crippen LogP contribution in [0.5, 0.6) is 0 Å². The van der Waals surface area contributed by atoms with Crippen molar-refractivity contribution in [1.82, 2.24) is 0 Å². The molecule has 0 bridgehead atoms. The zero-order valence-electron chi connectivity index (χ0n) is 11.7. The van der Waals surface area contributed by atoms with Crippen molar-refractivity contribution in [2.45, 2.75) is 12.7 Å². The fourth-order valence-corrected chi connectivity index (χ4v) is 2.74. The lowest BCUT2D eigenvalue weighted by Crippen LogP contribution is -2.24. The average molecular weight is 370 g/mol. The highest BCUT2D eigenvalue weighted by Crippen LogP contribution is 2.50. The summed E-state index contributed by atoms with van der Waals surface area (Å²) in [6.07, 6.45) is -1.03. The molecule has 0 saturated carbocycles. The van der Waals surface area contributed by atoms with E-state index in [9.17, 15) is 18.8 Å². The molecule has 0 aliphatic heterocycles. The number of hydrogen-bond acceptors (Lipinski definition) is 7. The Kier molecular flexibility index (Phi) is 7.53. The molecule has 0 saturated heterocycles. The van der Waals surface area contributed by atoms with Crippen LogP contribution >= 0.6 is 15.4 Å². The molecule has 0 aliphatic rings. The van der Waals surface area contributed by atoms with Crippen LogP contribution in [0.15, 0.2) is 30.3 Å². The maximum absolute atomic E-state index is 11.5. The van der Waals surface area contributed by atoms with Crippen LogP contribution in [0.3, 0.4) is 0 Å². The molecule has 23 heavy (non-hydrogen) atoms. The lowest BCUT2D eigenvalue weighted by atomic mass is 10.2. The molecule has 4 N–H and O–H groups in total. The van der Waals surface area contributed by atoms with E-state index in [-0.39, 0.29) is 6.61 Å². The first-order valence-electron chi connectivity index (χ1n) is 6.17. The van der Waals surface area contributed by atoms with Crippen LogP contribution < -0.4 is 0 Å². The van der Waals surface area contributed by atoms with Crippen molar-refractivity contribution < 1.29 is 47.5 Å². The fraction of sp³-hybridized carbons (Fsp3) is 0.364. The van der Waals surface area contributed by atoms with Crippen LogP contribution in [0.4, 0.5) is 4.79 Å². The van der Waals surface area contributed by atoms with Gasteiger partial charge in [-0.1, -0.05) is 30.3 Å². The van der Waals surface area contributed by atoms with Crippen LogP contribution in [-0.4, -0.2) is 44.8 Å². The maximum Gasteiger partial charge on any atom is 0.527 e. The number of aliphatic hydroxyl groups excluding tert-OH is 1. The van der Waals surface area contributed by atoms with E-state index in [4.69, 9.17) is 19.6 Å². The molecule has 1 aromatic rings. The summed E-state index contributed by atoms with van der Waals surface area (Å²) in [5.74, 6) is 0. The van der Waals surface area contributed by atoms with E-state index in [2.05, 4.69) is 9.05 Å². The zero-order chi connectivity index (χ0) is 17.5. The molecular weight excluding hydrogens is 354 g/mol. The molecule has 1 aromatic carbocycles. The third-order valence-electron chi connectivity index (χ3n) is 2.40. The number of phosphoric acid groups is 1. The van der Waals surface area contributed by atoms with Gasteiger partial charge < -0.3 is 19.3 Å². The summed E-state index contributed by atoms with van der Waals surface area (Å²) in [5, 5.41) is 9.11. The number of ether oxygens (including phenoxy) is 1. The van der Waals surface area contributed by atoms with Crippen molar-refractivity contribution in [2.75, 3.05) is 13.2 Å². The van der Waals surface area contributed by atoms with Crippen LogP contribution in [0, 0.1) is 0 Å². The van der Waals surface area contributed by atoms with Gasteiger partial charge in [0.05, 0.1) is 19.8 Å². The Bertz CT molecular complexity index is 598. The van der Waals surface area contributed by atoms with Gasteiger partial charge in [-0.05, 0) is 5.56 Å². The molecule has 130 valence electrons. The maximum atomic E-state index is 11.5. The van der Waals surface area contributed by atoms with Gasteiger partial charge in [0.15, 0.2) is 0 Å². The van der Waals surface area contributed by atoms with Gasteiger partial charge in [0, 0.05) is 0 Å². The molecular formula is C11H16O10P2. The van der Waals surface area contributed by atoms with Gasteiger partial charge in [-0.2, -0.15) is 0 Å². The molecule has 0 heterocycles. The largest absolute Gasteiger partial charge is 0.527 e. The van der Waals surface area contributed by atoms with Crippen LogP contribution in [-0.2, 0) is 29.5 Å². The van der Waals surface area contributed by atoms with Gasteiger partial charge in [0.25, 0.3) is 0 Å². The van der Waals surface area contributed by atoms with Crippen molar-refractivity contribution in [1.29, 1.82) is 0 Å². The number of benzene rings is 1. The average Bonchev–Trinajstić information content (AvgIpc) is 2.46. The monoisotopic (exact) mass is 370 g/mol. The number of phosphoric ester groups is 1. The molecule has 0 fully saturated rings. The van der Waals surface area contributed by atoms with E-state index in [1.54, 1.807) is 30.3 Å². The molecule has 0 amide bonds. The Morgan fingerprint density at radius 2 is 1.74 bits per heavy atom. The van der Waals surface area contributed by atoms with E-state index >= 15 is 0 Å². The van der Waals surface area contributed by atoms with E-state index in [1.807, 2.05) is 0 Å². The molecule has 0 aliphatic carbocycles. The summed E-state index contributed by atoms with van der Waals surface area (Å²) >= 11 is 0. The molecule has 2 atom stereocenters. The smallest absolute Gasteiger partial charge is 0.394 e. The Labute approximate surface area is 131 Å². The van der Waals surface area contributed by atoms with Gasteiger partial charge in [-0.3, -0.25) is 14.3 Å². The second-order valence-corrected chi connectivity index (χ2v) is 7.09. The molecule has 1 unspecified atom stereocenters. The second kappa shape index (κ2) is 8.68. The first-order valence-corrected chi connectivity index (χ1v) is 9.28. The molecule has 0 aromatic heterocycles. The van der Waals surface area contributed by atoms with Crippen molar-refractivity contribution in [3.63, 3.8) is 0 Å². The minimum absolute atomic E-state index is 0.0814. The molecule has 1 rings (SSSR count).